The van der Waals surface area contributed by atoms with E-state index >= 15 is 0 Å². The fraction of sp³-hybridized carbons (Fsp3) is 0.400. The van der Waals surface area contributed by atoms with Gasteiger partial charge in [0.2, 0.25) is 11.9 Å². The summed E-state index contributed by atoms with van der Waals surface area (Å²) in [7, 11) is 1.75. The Morgan fingerprint density at radius 2 is 1.87 bits per heavy atom. The normalized spacial score (nSPS) is 14.2. The number of guanidine groups is 1. The SMILES string of the molecule is CN=C(NCCC(=O)Nc1cccc(Cl)c1C)N1CCN(c2ncccn2)CC1.I. The Kier molecular flexibility index (Phi) is 9.57. The summed E-state index contributed by atoms with van der Waals surface area (Å²) in [6, 6.07) is 7.30. The van der Waals surface area contributed by atoms with E-state index in [0.717, 1.165) is 49.3 Å². The van der Waals surface area contributed by atoms with Gasteiger partial charge in [0, 0.05) is 69.3 Å². The number of carbonyl (C=O) groups is 1. The molecule has 0 aliphatic carbocycles. The lowest BCUT2D eigenvalue weighted by molar-refractivity contribution is -0.116. The molecule has 1 fully saturated rings. The number of piperazine rings is 1. The molecule has 2 aromatic rings. The van der Waals surface area contributed by atoms with Gasteiger partial charge in [-0.05, 0) is 30.7 Å². The van der Waals surface area contributed by atoms with Gasteiger partial charge in [-0.25, -0.2) is 9.97 Å². The van der Waals surface area contributed by atoms with Crippen molar-refractivity contribution >= 4 is 59.1 Å². The van der Waals surface area contributed by atoms with Crippen molar-refractivity contribution in [1.29, 1.82) is 0 Å². The van der Waals surface area contributed by atoms with Crippen molar-refractivity contribution in [2.45, 2.75) is 13.3 Å². The van der Waals surface area contributed by atoms with Crippen molar-refractivity contribution in [3.63, 3.8) is 0 Å². The number of aromatic nitrogens is 2. The van der Waals surface area contributed by atoms with E-state index in [4.69, 9.17) is 11.6 Å². The predicted molar refractivity (Wildman–Crippen MR) is 132 cm³/mol. The summed E-state index contributed by atoms with van der Waals surface area (Å²) in [6.45, 7) is 5.65. The van der Waals surface area contributed by atoms with E-state index < -0.39 is 0 Å². The standard InChI is InChI=1S/C20H26ClN7O.HI/c1-15-16(21)5-3-6-17(15)26-18(29)7-10-25-19(22-2)27-11-13-28(14-12-27)20-23-8-4-9-24-20;/h3-6,8-9H,7,10-14H2,1-2H3,(H,22,25)(H,26,29);1H. The number of amides is 1. The second-order valence-corrected chi connectivity index (χ2v) is 7.11. The maximum Gasteiger partial charge on any atom is 0.226 e. The maximum atomic E-state index is 12.3. The van der Waals surface area contributed by atoms with Crippen LogP contribution < -0.4 is 15.5 Å². The second-order valence-electron chi connectivity index (χ2n) is 6.71. The number of carbonyl (C=O) groups excluding carboxylic acids is 1. The van der Waals surface area contributed by atoms with Gasteiger partial charge in [-0.3, -0.25) is 9.79 Å². The molecule has 0 atom stereocenters. The molecule has 162 valence electrons. The summed E-state index contributed by atoms with van der Waals surface area (Å²) >= 11 is 6.10. The first-order valence-electron chi connectivity index (χ1n) is 9.61. The van der Waals surface area contributed by atoms with E-state index in [0.29, 0.717) is 18.0 Å². The number of anilines is 2. The molecule has 1 aliphatic rings. The van der Waals surface area contributed by atoms with Crippen LogP contribution in [0.15, 0.2) is 41.7 Å². The highest BCUT2D eigenvalue weighted by Gasteiger charge is 2.21. The molecule has 8 nitrogen and oxygen atoms in total. The Hall–Kier alpha value is -2.14. The number of benzene rings is 1. The Balaban J connectivity index is 0.00000320. The topological polar surface area (TPSA) is 85.8 Å². The van der Waals surface area contributed by atoms with Gasteiger partial charge in [0.05, 0.1) is 0 Å². The van der Waals surface area contributed by atoms with Gasteiger partial charge in [-0.15, -0.1) is 24.0 Å². The average molecular weight is 544 g/mol. The van der Waals surface area contributed by atoms with Gasteiger partial charge >= 0.3 is 0 Å². The number of rotatable bonds is 5. The summed E-state index contributed by atoms with van der Waals surface area (Å²) < 4.78 is 0. The molecule has 1 amide bonds. The van der Waals surface area contributed by atoms with E-state index in [1.807, 2.05) is 31.2 Å². The Morgan fingerprint density at radius 1 is 1.17 bits per heavy atom. The van der Waals surface area contributed by atoms with E-state index in [2.05, 4.69) is 35.4 Å². The van der Waals surface area contributed by atoms with Crippen LogP contribution in [0.1, 0.15) is 12.0 Å². The quantitative estimate of drug-likeness (QED) is 0.343. The van der Waals surface area contributed by atoms with Gasteiger partial charge in [0.25, 0.3) is 0 Å². The molecule has 2 heterocycles. The molecule has 3 rings (SSSR count). The second kappa shape index (κ2) is 11.9. The van der Waals surface area contributed by atoms with Gasteiger partial charge < -0.3 is 20.4 Å². The number of halogens is 2. The zero-order valence-electron chi connectivity index (χ0n) is 17.1. The number of aliphatic imine (C=N–C) groups is 1. The third-order valence-corrected chi connectivity index (χ3v) is 5.21. The zero-order valence-corrected chi connectivity index (χ0v) is 20.2. The summed E-state index contributed by atoms with van der Waals surface area (Å²) in [4.78, 5) is 29.5. The monoisotopic (exact) mass is 543 g/mol. The van der Waals surface area contributed by atoms with Crippen molar-refractivity contribution in [2.24, 2.45) is 4.99 Å². The molecule has 0 bridgehead atoms. The first-order chi connectivity index (χ1) is 14.1. The fourth-order valence-corrected chi connectivity index (χ4v) is 3.32. The van der Waals surface area contributed by atoms with Crippen LogP contribution in [0.2, 0.25) is 5.02 Å². The number of nitrogens with one attached hydrogen (secondary N) is 2. The molecular formula is C20H27ClIN7O. The van der Waals surface area contributed by atoms with E-state index in [1.54, 1.807) is 19.4 Å². The molecule has 0 unspecified atom stereocenters. The summed E-state index contributed by atoms with van der Waals surface area (Å²) in [5, 5.41) is 6.82. The van der Waals surface area contributed by atoms with Crippen LogP contribution in [-0.4, -0.2) is 66.5 Å². The lowest BCUT2D eigenvalue weighted by Crippen LogP contribution is -2.53. The van der Waals surface area contributed by atoms with Crippen LogP contribution in [-0.2, 0) is 4.79 Å². The number of hydrogen-bond acceptors (Lipinski definition) is 5. The lowest BCUT2D eigenvalue weighted by atomic mass is 10.2. The smallest absolute Gasteiger partial charge is 0.226 e. The zero-order chi connectivity index (χ0) is 20.6. The highest BCUT2D eigenvalue weighted by atomic mass is 127. The molecular weight excluding hydrogens is 517 g/mol. The minimum Gasteiger partial charge on any atom is -0.356 e. The third-order valence-electron chi connectivity index (χ3n) is 4.80. The molecule has 1 aromatic carbocycles. The molecule has 10 heteroatoms. The number of hydrogen-bond donors (Lipinski definition) is 2. The molecule has 1 saturated heterocycles. The molecule has 0 radical (unpaired) electrons. The minimum atomic E-state index is -0.0654. The lowest BCUT2D eigenvalue weighted by Gasteiger charge is -2.36. The highest BCUT2D eigenvalue weighted by molar-refractivity contribution is 14.0. The van der Waals surface area contributed by atoms with E-state index in [-0.39, 0.29) is 29.9 Å². The van der Waals surface area contributed by atoms with Crippen LogP contribution in [0.25, 0.3) is 0 Å². The highest BCUT2D eigenvalue weighted by Crippen LogP contribution is 2.22. The van der Waals surface area contributed by atoms with Crippen LogP contribution in [0.4, 0.5) is 11.6 Å². The first kappa shape index (κ1) is 24.1. The van der Waals surface area contributed by atoms with E-state index in [9.17, 15) is 4.79 Å². The fourth-order valence-electron chi connectivity index (χ4n) is 3.15. The van der Waals surface area contributed by atoms with Gasteiger partial charge in [-0.2, -0.15) is 0 Å². The van der Waals surface area contributed by atoms with Crippen molar-refractivity contribution in [3.05, 3.63) is 47.2 Å². The summed E-state index contributed by atoms with van der Waals surface area (Å²) in [5.74, 6) is 1.48. The van der Waals surface area contributed by atoms with Crippen molar-refractivity contribution in [1.82, 2.24) is 20.2 Å². The van der Waals surface area contributed by atoms with Crippen molar-refractivity contribution in [2.75, 3.05) is 50.0 Å². The predicted octanol–water partition coefficient (Wildman–Crippen LogP) is 2.78. The number of nitrogens with zero attached hydrogens (tertiary/aromatic N) is 5. The van der Waals surface area contributed by atoms with Gasteiger partial charge in [0.1, 0.15) is 0 Å². The van der Waals surface area contributed by atoms with Gasteiger partial charge in [0.15, 0.2) is 5.96 Å². The maximum absolute atomic E-state index is 12.3. The molecule has 2 N–H and O–H groups in total. The summed E-state index contributed by atoms with van der Waals surface area (Å²) in [5.41, 5.74) is 1.61. The molecule has 30 heavy (non-hydrogen) atoms. The molecule has 1 aliphatic heterocycles. The largest absolute Gasteiger partial charge is 0.356 e. The van der Waals surface area contributed by atoms with Crippen LogP contribution in [0.5, 0.6) is 0 Å². The summed E-state index contributed by atoms with van der Waals surface area (Å²) in [6.07, 6.45) is 3.85. The average Bonchev–Trinajstić information content (AvgIpc) is 2.75. The third kappa shape index (κ3) is 6.43. The van der Waals surface area contributed by atoms with Crippen molar-refractivity contribution < 1.29 is 4.79 Å². The van der Waals surface area contributed by atoms with E-state index in [1.165, 1.54) is 0 Å². The van der Waals surface area contributed by atoms with Crippen LogP contribution >= 0.6 is 35.6 Å². The Bertz CT molecular complexity index is 857. The van der Waals surface area contributed by atoms with Crippen LogP contribution in [0, 0.1) is 6.92 Å². The van der Waals surface area contributed by atoms with Crippen LogP contribution in [0.3, 0.4) is 0 Å². The Labute approximate surface area is 199 Å². The minimum absolute atomic E-state index is 0. The Morgan fingerprint density at radius 3 is 2.53 bits per heavy atom. The van der Waals surface area contributed by atoms with Gasteiger partial charge in [-0.1, -0.05) is 17.7 Å². The molecule has 1 aromatic heterocycles. The van der Waals surface area contributed by atoms with Crippen molar-refractivity contribution in [3.8, 4) is 0 Å². The molecule has 0 saturated carbocycles. The molecule has 0 spiro atoms. The first-order valence-corrected chi connectivity index (χ1v) is 9.99.